The minimum Gasteiger partial charge on any atom is -0.381 e. The number of nitrogens with two attached hydrogens (primary N) is 1. The number of benzene rings is 1. The number of hydrogen-bond acceptors (Lipinski definition) is 4. The number of fused-ring (bicyclic) bond motifs is 3. The highest BCUT2D eigenvalue weighted by molar-refractivity contribution is 6.08. The molecular formula is C20H27N3O2. The summed E-state index contributed by atoms with van der Waals surface area (Å²) in [5, 5.41) is 0. The van der Waals surface area contributed by atoms with Crippen LogP contribution >= 0.6 is 0 Å². The summed E-state index contributed by atoms with van der Waals surface area (Å²) in [7, 11) is 3.52. The summed E-state index contributed by atoms with van der Waals surface area (Å²) < 4.78 is 5.57. The summed E-state index contributed by atoms with van der Waals surface area (Å²) in [5.74, 6) is 0.376. The van der Waals surface area contributed by atoms with E-state index in [1.54, 1.807) is 14.2 Å². The van der Waals surface area contributed by atoms with E-state index in [-0.39, 0.29) is 17.4 Å². The number of rotatable bonds is 2. The van der Waals surface area contributed by atoms with Gasteiger partial charge in [-0.2, -0.15) is 0 Å². The Hall–Kier alpha value is -1.88. The standard InChI is InChI=1S/C20H27N3O2/c1-4-13-5-6-14-12-19(9-7-15(25-3)8-10-19)20(16(14)11-13)17(24)23(2)18(21)22-20/h5-6,11,15H,4,7-10,12H2,1-3H3,(H2,21,22). The van der Waals surface area contributed by atoms with Crippen LogP contribution in [0.3, 0.4) is 0 Å². The number of ether oxygens (including phenoxy) is 1. The maximum atomic E-state index is 13.4. The van der Waals surface area contributed by atoms with Crippen LogP contribution in [-0.4, -0.2) is 37.0 Å². The normalized spacial score (nSPS) is 34.0. The number of amides is 1. The second-order valence-corrected chi connectivity index (χ2v) is 7.78. The van der Waals surface area contributed by atoms with Gasteiger partial charge < -0.3 is 10.5 Å². The Labute approximate surface area is 149 Å². The Kier molecular flexibility index (Phi) is 3.69. The first-order valence-electron chi connectivity index (χ1n) is 9.26. The van der Waals surface area contributed by atoms with Gasteiger partial charge in [0.2, 0.25) is 0 Å². The van der Waals surface area contributed by atoms with E-state index in [4.69, 9.17) is 15.5 Å². The van der Waals surface area contributed by atoms with Crippen LogP contribution in [0, 0.1) is 5.41 Å². The fraction of sp³-hybridized carbons (Fsp3) is 0.600. The summed E-state index contributed by atoms with van der Waals surface area (Å²) in [4.78, 5) is 19.8. The molecule has 1 unspecified atom stereocenters. The van der Waals surface area contributed by atoms with E-state index in [1.807, 2.05) is 0 Å². The molecule has 134 valence electrons. The van der Waals surface area contributed by atoms with Crippen LogP contribution in [0.2, 0.25) is 0 Å². The molecule has 1 aromatic rings. The second-order valence-electron chi connectivity index (χ2n) is 7.78. The minimum absolute atomic E-state index is 0.0351. The Bertz CT molecular complexity index is 749. The summed E-state index contributed by atoms with van der Waals surface area (Å²) in [6, 6.07) is 6.58. The van der Waals surface area contributed by atoms with Gasteiger partial charge in [-0.3, -0.25) is 9.69 Å². The van der Waals surface area contributed by atoms with Crippen molar-refractivity contribution < 1.29 is 9.53 Å². The van der Waals surface area contributed by atoms with Crippen LogP contribution in [0.15, 0.2) is 23.2 Å². The van der Waals surface area contributed by atoms with Crippen LogP contribution in [0.1, 0.15) is 49.3 Å². The van der Waals surface area contributed by atoms with Crippen LogP contribution < -0.4 is 5.73 Å². The summed E-state index contributed by atoms with van der Waals surface area (Å²) in [6.07, 6.45) is 5.96. The van der Waals surface area contributed by atoms with Crippen molar-refractivity contribution in [2.24, 2.45) is 16.1 Å². The molecule has 2 spiro atoms. The number of carbonyl (C=O) groups excluding carboxylic acids is 1. The Morgan fingerprint density at radius 1 is 1.36 bits per heavy atom. The fourth-order valence-electron chi connectivity index (χ4n) is 5.19. The van der Waals surface area contributed by atoms with E-state index in [0.29, 0.717) is 5.96 Å². The molecule has 0 radical (unpaired) electrons. The lowest BCUT2D eigenvalue weighted by atomic mass is 9.61. The monoisotopic (exact) mass is 341 g/mol. The van der Waals surface area contributed by atoms with Gasteiger partial charge in [-0.1, -0.05) is 25.1 Å². The summed E-state index contributed by atoms with van der Waals surface area (Å²) >= 11 is 0. The van der Waals surface area contributed by atoms with Crippen molar-refractivity contribution in [2.75, 3.05) is 14.2 Å². The number of likely N-dealkylation sites (N-methyl/N-ethyl adjacent to an activating group) is 1. The summed E-state index contributed by atoms with van der Waals surface area (Å²) in [6.45, 7) is 2.14. The highest BCUT2D eigenvalue weighted by Gasteiger charge is 2.66. The number of methoxy groups -OCH3 is 1. The number of nitrogens with zero attached hydrogens (tertiary/aromatic N) is 2. The number of hydrogen-bond donors (Lipinski definition) is 1. The number of aliphatic imine (C=N–C) groups is 1. The third-order valence-electron chi connectivity index (χ3n) is 6.73. The van der Waals surface area contributed by atoms with Crippen molar-refractivity contribution in [3.05, 3.63) is 34.9 Å². The average molecular weight is 341 g/mol. The highest BCUT2D eigenvalue weighted by atomic mass is 16.5. The van der Waals surface area contributed by atoms with Crippen LogP contribution in [0.4, 0.5) is 0 Å². The van der Waals surface area contributed by atoms with Crippen LogP contribution in [-0.2, 0) is 27.9 Å². The molecule has 0 bridgehead atoms. The van der Waals surface area contributed by atoms with E-state index >= 15 is 0 Å². The number of carbonyl (C=O) groups is 1. The lowest BCUT2D eigenvalue weighted by molar-refractivity contribution is -0.137. The van der Waals surface area contributed by atoms with E-state index in [0.717, 1.165) is 44.1 Å². The second kappa shape index (κ2) is 5.56. The molecule has 2 N–H and O–H groups in total. The molecule has 25 heavy (non-hydrogen) atoms. The number of aryl methyl sites for hydroxylation is 1. The molecule has 1 aliphatic heterocycles. The predicted octanol–water partition coefficient (Wildman–Crippen LogP) is 2.36. The lowest BCUT2D eigenvalue weighted by Crippen LogP contribution is -2.51. The van der Waals surface area contributed by atoms with Gasteiger partial charge in [0.05, 0.1) is 6.10 Å². The molecule has 1 atom stereocenters. The first kappa shape index (κ1) is 16.6. The fourth-order valence-corrected chi connectivity index (χ4v) is 5.19. The Morgan fingerprint density at radius 2 is 2.08 bits per heavy atom. The SMILES string of the molecule is CCc1ccc2c(c1)C1(N=C(N)N(C)C1=O)C1(CCC(OC)CC1)C2. The first-order chi connectivity index (χ1) is 12.0. The van der Waals surface area contributed by atoms with Crippen LogP contribution in [0.25, 0.3) is 0 Å². The Morgan fingerprint density at radius 3 is 2.64 bits per heavy atom. The Balaban J connectivity index is 1.88. The molecule has 0 aromatic heterocycles. The molecule has 1 aromatic carbocycles. The smallest absolute Gasteiger partial charge is 0.262 e. The van der Waals surface area contributed by atoms with Crippen molar-refractivity contribution in [2.45, 2.75) is 57.1 Å². The molecule has 1 fully saturated rings. The molecule has 5 heteroatoms. The van der Waals surface area contributed by atoms with Crippen LogP contribution in [0.5, 0.6) is 0 Å². The first-order valence-corrected chi connectivity index (χ1v) is 9.26. The van der Waals surface area contributed by atoms with Gasteiger partial charge in [0.25, 0.3) is 5.91 Å². The van der Waals surface area contributed by atoms with Gasteiger partial charge in [-0.05, 0) is 55.2 Å². The molecule has 1 amide bonds. The van der Waals surface area contributed by atoms with Crippen molar-refractivity contribution >= 4 is 11.9 Å². The van der Waals surface area contributed by atoms with Crippen molar-refractivity contribution in [3.63, 3.8) is 0 Å². The van der Waals surface area contributed by atoms with Gasteiger partial charge in [-0.15, -0.1) is 0 Å². The minimum atomic E-state index is -0.842. The molecule has 0 saturated heterocycles. The van der Waals surface area contributed by atoms with E-state index in [2.05, 4.69) is 25.1 Å². The lowest BCUT2D eigenvalue weighted by Gasteiger charge is -2.45. The van der Waals surface area contributed by atoms with Gasteiger partial charge >= 0.3 is 0 Å². The predicted molar refractivity (Wildman–Crippen MR) is 97.3 cm³/mol. The topological polar surface area (TPSA) is 67.9 Å². The largest absolute Gasteiger partial charge is 0.381 e. The van der Waals surface area contributed by atoms with Gasteiger partial charge in [0.1, 0.15) is 0 Å². The quantitative estimate of drug-likeness (QED) is 0.898. The maximum Gasteiger partial charge on any atom is 0.262 e. The zero-order valence-electron chi connectivity index (χ0n) is 15.3. The maximum absolute atomic E-state index is 13.4. The molecular weight excluding hydrogens is 314 g/mol. The zero-order chi connectivity index (χ0) is 17.8. The third kappa shape index (κ3) is 2.05. The van der Waals surface area contributed by atoms with Gasteiger partial charge in [-0.25, -0.2) is 4.99 Å². The van der Waals surface area contributed by atoms with E-state index < -0.39 is 5.54 Å². The molecule has 1 heterocycles. The van der Waals surface area contributed by atoms with Crippen molar-refractivity contribution in [1.82, 2.24) is 4.90 Å². The molecule has 5 nitrogen and oxygen atoms in total. The average Bonchev–Trinajstić information content (AvgIpc) is 3.03. The number of guanidine groups is 1. The summed E-state index contributed by atoms with van der Waals surface area (Å²) in [5.41, 5.74) is 8.69. The van der Waals surface area contributed by atoms with E-state index in [9.17, 15) is 4.79 Å². The molecule has 1 saturated carbocycles. The third-order valence-corrected chi connectivity index (χ3v) is 6.73. The molecule has 3 aliphatic rings. The van der Waals surface area contributed by atoms with E-state index in [1.165, 1.54) is 16.0 Å². The molecule has 4 rings (SSSR count). The van der Waals surface area contributed by atoms with Gasteiger partial charge in [0.15, 0.2) is 11.5 Å². The molecule has 2 aliphatic carbocycles. The highest BCUT2D eigenvalue weighted by Crippen LogP contribution is 2.61. The van der Waals surface area contributed by atoms with Crippen molar-refractivity contribution in [1.29, 1.82) is 0 Å². The van der Waals surface area contributed by atoms with Crippen molar-refractivity contribution in [3.8, 4) is 0 Å². The zero-order valence-corrected chi connectivity index (χ0v) is 15.3. The van der Waals surface area contributed by atoms with Gasteiger partial charge in [0, 0.05) is 19.6 Å².